The Balaban J connectivity index is 2.03. The topological polar surface area (TPSA) is 49.2 Å². The smallest absolute Gasteiger partial charge is 0.188 e. The zero-order chi connectivity index (χ0) is 16.7. The van der Waals surface area contributed by atoms with Crippen molar-refractivity contribution in [3.05, 3.63) is 47.6 Å². The first kappa shape index (κ1) is 17.1. The van der Waals surface area contributed by atoms with Crippen molar-refractivity contribution in [1.29, 1.82) is 0 Å². The van der Waals surface area contributed by atoms with E-state index in [4.69, 9.17) is 9.47 Å². The van der Waals surface area contributed by atoms with Gasteiger partial charge in [-0.15, -0.1) is 0 Å². The number of allylic oxidation sites excluding steroid dienone is 2. The van der Waals surface area contributed by atoms with Crippen LogP contribution in [0.3, 0.4) is 0 Å². The lowest BCUT2D eigenvalue weighted by Crippen LogP contribution is -2.03. The quantitative estimate of drug-likeness (QED) is 0.696. The van der Waals surface area contributed by atoms with Crippen molar-refractivity contribution in [2.45, 2.75) is 46.8 Å². The van der Waals surface area contributed by atoms with Crippen LogP contribution in [-0.4, -0.2) is 21.9 Å². The Morgan fingerprint density at radius 2 is 1.96 bits per heavy atom. The van der Waals surface area contributed by atoms with E-state index in [1.165, 1.54) is 5.57 Å². The number of nitrogens with zero attached hydrogens (tertiary/aromatic N) is 3. The second kappa shape index (κ2) is 8.36. The van der Waals surface area contributed by atoms with Crippen molar-refractivity contribution in [2.24, 2.45) is 0 Å². The van der Waals surface area contributed by atoms with Gasteiger partial charge in [0.1, 0.15) is 12.4 Å². The molecule has 1 aromatic heterocycles. The van der Waals surface area contributed by atoms with Crippen LogP contribution < -0.4 is 9.47 Å². The van der Waals surface area contributed by atoms with Crippen molar-refractivity contribution in [2.75, 3.05) is 7.11 Å². The van der Waals surface area contributed by atoms with Crippen LogP contribution in [0.1, 0.15) is 38.8 Å². The third kappa shape index (κ3) is 4.84. The highest BCUT2D eigenvalue weighted by Gasteiger charge is 2.10. The maximum Gasteiger partial charge on any atom is 0.188 e. The van der Waals surface area contributed by atoms with Crippen molar-refractivity contribution in [3.63, 3.8) is 0 Å². The second-order valence-corrected chi connectivity index (χ2v) is 5.52. The predicted molar refractivity (Wildman–Crippen MR) is 90.8 cm³/mol. The van der Waals surface area contributed by atoms with Gasteiger partial charge in [0.15, 0.2) is 17.3 Å². The summed E-state index contributed by atoms with van der Waals surface area (Å²) in [5.74, 6) is 3.12. The minimum absolute atomic E-state index is 0.336. The first-order valence-corrected chi connectivity index (χ1v) is 7.95. The van der Waals surface area contributed by atoms with Crippen molar-refractivity contribution in [3.8, 4) is 11.5 Å². The van der Waals surface area contributed by atoms with Crippen LogP contribution in [0.25, 0.3) is 0 Å². The molecule has 2 rings (SSSR count). The molecular formula is C18H25N3O2. The van der Waals surface area contributed by atoms with Gasteiger partial charge in [-0.1, -0.05) is 23.8 Å². The molecule has 0 unspecified atom stereocenters. The molecule has 0 radical (unpaired) electrons. The Hall–Kier alpha value is -2.30. The Morgan fingerprint density at radius 1 is 1.22 bits per heavy atom. The van der Waals surface area contributed by atoms with E-state index in [0.29, 0.717) is 23.9 Å². The largest absolute Gasteiger partial charge is 0.493 e. The van der Waals surface area contributed by atoms with E-state index in [-0.39, 0.29) is 0 Å². The fourth-order valence-electron chi connectivity index (χ4n) is 2.30. The van der Waals surface area contributed by atoms with Gasteiger partial charge >= 0.3 is 0 Å². The Kier molecular flexibility index (Phi) is 6.20. The molecule has 23 heavy (non-hydrogen) atoms. The van der Waals surface area contributed by atoms with Gasteiger partial charge in [-0.3, -0.25) is 0 Å². The number of para-hydroxylation sites is 2. The summed E-state index contributed by atoms with van der Waals surface area (Å²) in [6.45, 7) is 7.44. The third-order valence-electron chi connectivity index (χ3n) is 3.44. The minimum atomic E-state index is 0.336. The van der Waals surface area contributed by atoms with Gasteiger partial charge in [0.25, 0.3) is 0 Å². The molecule has 2 aromatic rings. The summed E-state index contributed by atoms with van der Waals surface area (Å²) >= 11 is 0. The second-order valence-electron chi connectivity index (χ2n) is 5.52. The minimum Gasteiger partial charge on any atom is -0.493 e. The van der Waals surface area contributed by atoms with Gasteiger partial charge in [-0.25, -0.2) is 9.67 Å². The fraction of sp³-hybridized carbons (Fsp3) is 0.444. The lowest BCUT2D eigenvalue weighted by atomic mass is 10.2. The molecule has 0 N–H and O–H groups in total. The van der Waals surface area contributed by atoms with Crippen LogP contribution in [0.15, 0.2) is 35.9 Å². The molecule has 0 atom stereocenters. The zero-order valence-corrected chi connectivity index (χ0v) is 14.4. The zero-order valence-electron chi connectivity index (χ0n) is 14.4. The predicted octanol–water partition coefficient (Wildman–Crippen LogP) is 3.78. The van der Waals surface area contributed by atoms with Crippen LogP contribution in [0.2, 0.25) is 0 Å². The fourth-order valence-corrected chi connectivity index (χ4v) is 2.30. The molecule has 0 aliphatic rings. The van der Waals surface area contributed by atoms with E-state index in [0.717, 1.165) is 25.2 Å². The maximum atomic E-state index is 5.79. The molecule has 0 bridgehead atoms. The van der Waals surface area contributed by atoms with Gasteiger partial charge in [0.2, 0.25) is 0 Å². The van der Waals surface area contributed by atoms with Gasteiger partial charge in [-0.05, 0) is 39.3 Å². The van der Waals surface area contributed by atoms with Crippen molar-refractivity contribution < 1.29 is 9.47 Å². The summed E-state index contributed by atoms with van der Waals surface area (Å²) in [7, 11) is 1.63. The van der Waals surface area contributed by atoms with Gasteiger partial charge in [-0.2, -0.15) is 5.10 Å². The molecule has 124 valence electrons. The standard InChI is InChI=1S/C18H25N3O2/c1-5-21-18(12-8-9-14(2)3)19-17(20-21)13-23-16-11-7-6-10-15(16)22-4/h6-7,9-11H,5,8,12-13H2,1-4H3. The molecule has 0 aliphatic carbocycles. The monoisotopic (exact) mass is 315 g/mol. The summed E-state index contributed by atoms with van der Waals surface area (Å²) in [6, 6.07) is 7.58. The molecule has 1 heterocycles. The summed E-state index contributed by atoms with van der Waals surface area (Å²) in [5, 5.41) is 4.52. The molecular weight excluding hydrogens is 290 g/mol. The molecule has 0 saturated carbocycles. The van der Waals surface area contributed by atoms with Gasteiger partial charge in [0.05, 0.1) is 7.11 Å². The molecule has 0 aliphatic heterocycles. The van der Waals surface area contributed by atoms with Gasteiger partial charge < -0.3 is 9.47 Å². The van der Waals surface area contributed by atoms with Crippen LogP contribution >= 0.6 is 0 Å². The Labute approximate surface area is 138 Å². The summed E-state index contributed by atoms with van der Waals surface area (Å²) in [6.07, 6.45) is 4.09. The number of ether oxygens (including phenoxy) is 2. The van der Waals surface area contributed by atoms with Crippen molar-refractivity contribution in [1.82, 2.24) is 14.8 Å². The summed E-state index contributed by atoms with van der Waals surface area (Å²) in [4.78, 5) is 4.61. The van der Waals surface area contributed by atoms with Crippen LogP contribution in [0.5, 0.6) is 11.5 Å². The number of hydrogen-bond donors (Lipinski definition) is 0. The molecule has 0 spiro atoms. The summed E-state index contributed by atoms with van der Waals surface area (Å²) < 4.78 is 13.0. The average molecular weight is 315 g/mol. The number of benzene rings is 1. The molecule has 1 aromatic carbocycles. The highest BCUT2D eigenvalue weighted by Crippen LogP contribution is 2.26. The lowest BCUT2D eigenvalue weighted by molar-refractivity contribution is 0.276. The van der Waals surface area contributed by atoms with E-state index >= 15 is 0 Å². The first-order valence-electron chi connectivity index (χ1n) is 7.95. The highest BCUT2D eigenvalue weighted by atomic mass is 16.5. The lowest BCUT2D eigenvalue weighted by Gasteiger charge is -2.08. The van der Waals surface area contributed by atoms with E-state index in [1.54, 1.807) is 7.11 Å². The number of hydrogen-bond acceptors (Lipinski definition) is 4. The number of methoxy groups -OCH3 is 1. The first-order chi connectivity index (χ1) is 11.1. The normalized spacial score (nSPS) is 10.4. The molecule has 5 heteroatoms. The van der Waals surface area contributed by atoms with Crippen LogP contribution in [-0.2, 0) is 19.6 Å². The van der Waals surface area contributed by atoms with Gasteiger partial charge in [0, 0.05) is 13.0 Å². The third-order valence-corrected chi connectivity index (χ3v) is 3.44. The molecule has 0 saturated heterocycles. The SMILES string of the molecule is CCn1nc(COc2ccccc2OC)nc1CCC=C(C)C. The van der Waals surface area contributed by atoms with Crippen molar-refractivity contribution >= 4 is 0 Å². The summed E-state index contributed by atoms with van der Waals surface area (Å²) in [5.41, 5.74) is 1.33. The van der Waals surface area contributed by atoms with E-state index in [1.807, 2.05) is 28.9 Å². The van der Waals surface area contributed by atoms with E-state index in [9.17, 15) is 0 Å². The average Bonchev–Trinajstić information content (AvgIpc) is 2.95. The Bertz CT molecular complexity index is 658. The van der Waals surface area contributed by atoms with E-state index in [2.05, 4.69) is 36.9 Å². The van der Waals surface area contributed by atoms with E-state index < -0.39 is 0 Å². The number of aromatic nitrogens is 3. The molecule has 0 amide bonds. The molecule has 5 nitrogen and oxygen atoms in total. The molecule has 0 fully saturated rings. The number of rotatable bonds is 8. The maximum absolute atomic E-state index is 5.79. The van der Waals surface area contributed by atoms with Crippen LogP contribution in [0, 0.1) is 0 Å². The highest BCUT2D eigenvalue weighted by molar-refractivity contribution is 5.39. The van der Waals surface area contributed by atoms with Crippen LogP contribution in [0.4, 0.5) is 0 Å². The number of aryl methyl sites for hydroxylation is 2. The Morgan fingerprint density at radius 3 is 2.61 bits per heavy atom.